The molecule has 1 aliphatic heterocycles. The van der Waals surface area contributed by atoms with Gasteiger partial charge in [-0.25, -0.2) is 0 Å². The van der Waals surface area contributed by atoms with Crippen molar-refractivity contribution in [1.29, 1.82) is 0 Å². The average Bonchev–Trinajstić information content (AvgIpc) is 2.58. The predicted octanol–water partition coefficient (Wildman–Crippen LogP) is 3.77. The number of ether oxygens (including phenoxy) is 3. The molecule has 0 fully saturated rings. The topological polar surface area (TPSA) is 56.8 Å². The van der Waals surface area contributed by atoms with Crippen LogP contribution in [0.4, 0.5) is 5.69 Å². The lowest BCUT2D eigenvalue weighted by atomic mass is 9.87. The molecule has 2 aromatic rings. The minimum absolute atomic E-state index is 0.0506. The van der Waals surface area contributed by atoms with Crippen molar-refractivity contribution in [3.05, 3.63) is 48.0 Å². The predicted molar refractivity (Wildman–Crippen MR) is 96.7 cm³/mol. The fourth-order valence-electron chi connectivity index (χ4n) is 2.52. The van der Waals surface area contributed by atoms with Crippen LogP contribution in [0.1, 0.15) is 26.3 Å². The Balaban J connectivity index is 1.49. The van der Waals surface area contributed by atoms with Crippen LogP contribution in [0.3, 0.4) is 0 Å². The van der Waals surface area contributed by atoms with Crippen LogP contribution in [-0.4, -0.2) is 25.7 Å². The minimum Gasteiger partial charge on any atom is -0.490 e. The van der Waals surface area contributed by atoms with Crippen LogP contribution in [0.25, 0.3) is 0 Å². The summed E-state index contributed by atoms with van der Waals surface area (Å²) >= 11 is 0. The van der Waals surface area contributed by atoms with E-state index in [-0.39, 0.29) is 17.9 Å². The summed E-state index contributed by atoms with van der Waals surface area (Å²) < 4.78 is 16.7. The fraction of sp³-hybridized carbons (Fsp3) is 0.350. The maximum absolute atomic E-state index is 11.3. The third-order valence-electron chi connectivity index (χ3n) is 3.93. The molecule has 1 amide bonds. The number of fused-ring (bicyclic) bond motifs is 1. The van der Waals surface area contributed by atoms with Crippen molar-refractivity contribution in [3.8, 4) is 17.2 Å². The number of rotatable bonds is 5. The lowest BCUT2D eigenvalue weighted by Gasteiger charge is -2.19. The van der Waals surface area contributed by atoms with Gasteiger partial charge in [0, 0.05) is 6.07 Å². The molecule has 0 radical (unpaired) electrons. The molecule has 2 aromatic carbocycles. The number of hydrogen-bond acceptors (Lipinski definition) is 4. The van der Waals surface area contributed by atoms with Crippen LogP contribution in [0.5, 0.6) is 17.2 Å². The molecule has 0 aromatic heterocycles. The molecule has 0 saturated carbocycles. The molecule has 5 heteroatoms. The zero-order valence-electron chi connectivity index (χ0n) is 14.8. The first-order valence-corrected chi connectivity index (χ1v) is 8.35. The maximum atomic E-state index is 11.3. The van der Waals surface area contributed by atoms with Crippen molar-refractivity contribution in [2.24, 2.45) is 0 Å². The lowest BCUT2D eigenvalue weighted by molar-refractivity contribution is -0.118. The molecule has 5 nitrogen and oxygen atoms in total. The summed E-state index contributed by atoms with van der Waals surface area (Å²) in [5.41, 5.74) is 2.04. The van der Waals surface area contributed by atoms with E-state index in [4.69, 9.17) is 14.2 Å². The highest BCUT2D eigenvalue weighted by atomic mass is 16.5. The number of nitrogens with one attached hydrogen (secondary N) is 1. The van der Waals surface area contributed by atoms with E-state index in [1.54, 1.807) is 12.1 Å². The third kappa shape index (κ3) is 4.44. The van der Waals surface area contributed by atoms with Gasteiger partial charge >= 0.3 is 0 Å². The van der Waals surface area contributed by atoms with Crippen molar-refractivity contribution in [2.75, 3.05) is 25.1 Å². The highest BCUT2D eigenvalue weighted by Gasteiger charge is 2.16. The second-order valence-electron chi connectivity index (χ2n) is 6.97. The molecule has 3 rings (SSSR count). The highest BCUT2D eigenvalue weighted by molar-refractivity contribution is 5.95. The Morgan fingerprint density at radius 1 is 1.00 bits per heavy atom. The van der Waals surface area contributed by atoms with E-state index in [0.717, 1.165) is 5.75 Å². The van der Waals surface area contributed by atoms with Gasteiger partial charge in [-0.3, -0.25) is 4.79 Å². The van der Waals surface area contributed by atoms with E-state index in [1.807, 2.05) is 18.2 Å². The van der Waals surface area contributed by atoms with E-state index in [2.05, 4.69) is 38.2 Å². The molecular weight excluding hydrogens is 318 g/mol. The molecule has 1 N–H and O–H groups in total. The van der Waals surface area contributed by atoms with Gasteiger partial charge in [-0.2, -0.15) is 0 Å². The van der Waals surface area contributed by atoms with Gasteiger partial charge in [-0.15, -0.1) is 0 Å². The molecule has 0 unspecified atom stereocenters. The van der Waals surface area contributed by atoms with Crippen LogP contribution in [0.2, 0.25) is 0 Å². The molecule has 0 bridgehead atoms. The maximum Gasteiger partial charge on any atom is 0.262 e. The van der Waals surface area contributed by atoms with Crippen molar-refractivity contribution in [3.63, 3.8) is 0 Å². The smallest absolute Gasteiger partial charge is 0.262 e. The number of carbonyl (C=O) groups is 1. The summed E-state index contributed by atoms with van der Waals surface area (Å²) in [5, 5.41) is 2.76. The van der Waals surface area contributed by atoms with Gasteiger partial charge in [0.05, 0.1) is 5.69 Å². The summed E-state index contributed by atoms with van der Waals surface area (Å²) in [6, 6.07) is 13.5. The Labute approximate surface area is 147 Å². The van der Waals surface area contributed by atoms with Crippen molar-refractivity contribution >= 4 is 11.6 Å². The summed E-state index contributed by atoms with van der Waals surface area (Å²) in [6.45, 7) is 7.45. The Hall–Kier alpha value is -2.69. The Bertz CT molecular complexity index is 747. The van der Waals surface area contributed by atoms with Gasteiger partial charge in [-0.05, 0) is 35.2 Å². The van der Waals surface area contributed by atoms with Crippen LogP contribution in [0.15, 0.2) is 42.5 Å². The van der Waals surface area contributed by atoms with E-state index in [1.165, 1.54) is 5.56 Å². The molecule has 0 saturated heterocycles. The van der Waals surface area contributed by atoms with Crippen molar-refractivity contribution in [2.45, 2.75) is 26.2 Å². The fourth-order valence-corrected chi connectivity index (χ4v) is 2.52. The summed E-state index contributed by atoms with van der Waals surface area (Å²) in [5.74, 6) is 1.98. The zero-order valence-corrected chi connectivity index (χ0v) is 14.8. The second-order valence-corrected chi connectivity index (χ2v) is 6.97. The summed E-state index contributed by atoms with van der Waals surface area (Å²) in [6.07, 6.45) is 0. The van der Waals surface area contributed by atoms with Crippen LogP contribution >= 0.6 is 0 Å². The number of amides is 1. The number of benzene rings is 2. The third-order valence-corrected chi connectivity index (χ3v) is 3.93. The molecule has 0 spiro atoms. The molecule has 0 atom stereocenters. The first-order valence-electron chi connectivity index (χ1n) is 8.35. The van der Waals surface area contributed by atoms with E-state index in [9.17, 15) is 4.79 Å². The minimum atomic E-state index is -0.160. The van der Waals surface area contributed by atoms with Gasteiger partial charge < -0.3 is 19.5 Å². The standard InChI is InChI=1S/C20H23NO4/c1-20(2,3)14-4-6-15(7-5-14)23-10-11-24-16-8-9-18-17(12-16)21-19(22)13-25-18/h4-9,12H,10-11,13H2,1-3H3,(H,21,22). The molecule has 1 aliphatic rings. The quantitative estimate of drug-likeness (QED) is 0.841. The van der Waals surface area contributed by atoms with Crippen molar-refractivity contribution < 1.29 is 19.0 Å². The monoisotopic (exact) mass is 341 g/mol. The van der Waals surface area contributed by atoms with Gasteiger partial charge in [0.1, 0.15) is 30.5 Å². The number of anilines is 1. The Morgan fingerprint density at radius 2 is 1.64 bits per heavy atom. The Morgan fingerprint density at radius 3 is 2.32 bits per heavy atom. The van der Waals surface area contributed by atoms with Gasteiger partial charge in [-0.1, -0.05) is 32.9 Å². The number of carbonyl (C=O) groups excluding carboxylic acids is 1. The SMILES string of the molecule is CC(C)(C)c1ccc(OCCOc2ccc3c(c2)NC(=O)CO3)cc1. The highest BCUT2D eigenvalue weighted by Crippen LogP contribution is 2.31. The van der Waals surface area contributed by atoms with Gasteiger partial charge in [0.25, 0.3) is 5.91 Å². The lowest BCUT2D eigenvalue weighted by Crippen LogP contribution is -2.25. The number of hydrogen-bond donors (Lipinski definition) is 1. The molecule has 132 valence electrons. The van der Waals surface area contributed by atoms with Crippen LogP contribution in [0, 0.1) is 0 Å². The molecule has 25 heavy (non-hydrogen) atoms. The second kappa shape index (κ2) is 7.05. The first kappa shape index (κ1) is 17.1. The van der Waals surface area contributed by atoms with E-state index < -0.39 is 0 Å². The first-order chi connectivity index (χ1) is 11.9. The van der Waals surface area contributed by atoms with Gasteiger partial charge in [0.2, 0.25) is 0 Å². The average molecular weight is 341 g/mol. The largest absolute Gasteiger partial charge is 0.490 e. The molecule has 0 aliphatic carbocycles. The summed E-state index contributed by atoms with van der Waals surface area (Å²) in [4.78, 5) is 11.3. The van der Waals surface area contributed by atoms with Crippen molar-refractivity contribution in [1.82, 2.24) is 0 Å². The normalized spacial score (nSPS) is 13.5. The zero-order chi connectivity index (χ0) is 17.9. The van der Waals surface area contributed by atoms with Crippen LogP contribution in [-0.2, 0) is 10.2 Å². The summed E-state index contributed by atoms with van der Waals surface area (Å²) in [7, 11) is 0. The molecule has 1 heterocycles. The molecular formula is C20H23NO4. The van der Waals surface area contributed by atoms with E-state index >= 15 is 0 Å². The Kier molecular flexibility index (Phi) is 4.83. The van der Waals surface area contributed by atoms with E-state index in [0.29, 0.717) is 30.4 Å². The van der Waals surface area contributed by atoms with Gasteiger partial charge in [0.15, 0.2) is 6.61 Å². The van der Waals surface area contributed by atoms with Crippen LogP contribution < -0.4 is 19.5 Å².